The van der Waals surface area contributed by atoms with Crippen LogP contribution >= 0.6 is 0 Å². The van der Waals surface area contributed by atoms with Gasteiger partial charge in [0.15, 0.2) is 0 Å². The lowest BCUT2D eigenvalue weighted by Crippen LogP contribution is -2.42. The van der Waals surface area contributed by atoms with E-state index < -0.39 is 0 Å². The van der Waals surface area contributed by atoms with Crippen molar-refractivity contribution in [1.29, 1.82) is 0 Å². The Labute approximate surface area is 104 Å². The zero-order chi connectivity index (χ0) is 12.3. The van der Waals surface area contributed by atoms with Gasteiger partial charge in [-0.25, -0.2) is 0 Å². The number of rotatable bonds is 6. The minimum absolute atomic E-state index is 0.0247. The number of nitrogens with zero attached hydrogens (tertiary/aromatic N) is 1. The Hall–Kier alpha value is -0.610. The number of amides is 1. The van der Waals surface area contributed by atoms with Crippen molar-refractivity contribution in [3.05, 3.63) is 0 Å². The maximum Gasteiger partial charge on any atom is 0.236 e. The molecule has 3 N–H and O–H groups in total. The summed E-state index contributed by atoms with van der Waals surface area (Å²) in [5.74, 6) is 0.657. The molecule has 2 fully saturated rings. The summed E-state index contributed by atoms with van der Waals surface area (Å²) < 4.78 is 0. The molecule has 2 rings (SSSR count). The van der Waals surface area contributed by atoms with E-state index in [1.165, 1.54) is 25.8 Å². The molecule has 1 saturated heterocycles. The van der Waals surface area contributed by atoms with Gasteiger partial charge >= 0.3 is 0 Å². The van der Waals surface area contributed by atoms with Gasteiger partial charge in [0.2, 0.25) is 5.91 Å². The fourth-order valence-corrected chi connectivity index (χ4v) is 2.62. The normalized spacial score (nSPS) is 27.1. The van der Waals surface area contributed by atoms with Crippen LogP contribution in [0.4, 0.5) is 0 Å². The lowest BCUT2D eigenvalue weighted by molar-refractivity contribution is -0.122. The summed E-state index contributed by atoms with van der Waals surface area (Å²) in [6.45, 7) is 5.23. The van der Waals surface area contributed by atoms with Gasteiger partial charge in [0, 0.05) is 19.1 Å². The van der Waals surface area contributed by atoms with Crippen LogP contribution in [-0.2, 0) is 4.79 Å². The number of nitrogens with two attached hydrogens (primary N) is 1. The van der Waals surface area contributed by atoms with Crippen LogP contribution < -0.4 is 11.1 Å². The lowest BCUT2D eigenvalue weighted by Gasteiger charge is -2.16. The van der Waals surface area contributed by atoms with Gasteiger partial charge in [-0.3, -0.25) is 4.79 Å². The van der Waals surface area contributed by atoms with Crippen LogP contribution in [-0.4, -0.2) is 42.5 Å². The second kappa shape index (κ2) is 5.83. The van der Waals surface area contributed by atoms with Gasteiger partial charge < -0.3 is 16.0 Å². The largest absolute Gasteiger partial charge is 0.354 e. The summed E-state index contributed by atoms with van der Waals surface area (Å²) in [4.78, 5) is 14.2. The highest BCUT2D eigenvalue weighted by molar-refractivity contribution is 5.81. The third kappa shape index (κ3) is 3.68. The van der Waals surface area contributed by atoms with E-state index in [1.807, 2.05) is 0 Å². The molecule has 2 aliphatic rings. The zero-order valence-corrected chi connectivity index (χ0v) is 10.8. The van der Waals surface area contributed by atoms with Crippen molar-refractivity contribution in [3.8, 4) is 0 Å². The number of nitrogens with one attached hydrogen (secondary N) is 1. The van der Waals surface area contributed by atoms with E-state index in [2.05, 4.69) is 17.1 Å². The molecule has 0 bridgehead atoms. The van der Waals surface area contributed by atoms with Crippen LogP contribution in [0.2, 0.25) is 0 Å². The Kier molecular flexibility index (Phi) is 4.40. The first-order valence-electron chi connectivity index (χ1n) is 6.98. The van der Waals surface area contributed by atoms with Crippen LogP contribution in [0.15, 0.2) is 0 Å². The molecule has 0 spiro atoms. The van der Waals surface area contributed by atoms with Gasteiger partial charge in [-0.2, -0.15) is 0 Å². The van der Waals surface area contributed by atoms with Crippen molar-refractivity contribution < 1.29 is 4.79 Å². The summed E-state index contributed by atoms with van der Waals surface area (Å²) in [5.41, 5.74) is 5.78. The maximum absolute atomic E-state index is 11.7. The predicted molar refractivity (Wildman–Crippen MR) is 68.6 cm³/mol. The van der Waals surface area contributed by atoms with E-state index >= 15 is 0 Å². The van der Waals surface area contributed by atoms with Gasteiger partial charge in [-0.15, -0.1) is 0 Å². The van der Waals surface area contributed by atoms with E-state index in [-0.39, 0.29) is 11.9 Å². The summed E-state index contributed by atoms with van der Waals surface area (Å²) >= 11 is 0. The summed E-state index contributed by atoms with van der Waals surface area (Å²) in [6.07, 6.45) is 5.72. The summed E-state index contributed by atoms with van der Waals surface area (Å²) in [6, 6.07) is 0.541. The highest BCUT2D eigenvalue weighted by Crippen LogP contribution is 2.31. The molecule has 1 amide bonds. The van der Waals surface area contributed by atoms with Crippen LogP contribution in [0.25, 0.3) is 0 Å². The van der Waals surface area contributed by atoms with Crippen LogP contribution in [0.1, 0.15) is 39.0 Å². The first kappa shape index (κ1) is 12.8. The molecule has 2 atom stereocenters. The van der Waals surface area contributed by atoms with E-state index in [0.717, 1.165) is 32.0 Å². The second-order valence-corrected chi connectivity index (χ2v) is 5.52. The Morgan fingerprint density at radius 1 is 1.47 bits per heavy atom. The summed E-state index contributed by atoms with van der Waals surface area (Å²) in [5, 5.41) is 3.00. The third-order valence-corrected chi connectivity index (χ3v) is 3.88. The quantitative estimate of drug-likeness (QED) is 0.718. The van der Waals surface area contributed by atoms with Crippen molar-refractivity contribution >= 4 is 5.91 Å². The molecule has 1 heterocycles. The molecule has 4 heteroatoms. The van der Waals surface area contributed by atoms with E-state index in [0.29, 0.717) is 5.92 Å². The Balaban J connectivity index is 1.63. The number of hydrogen-bond acceptors (Lipinski definition) is 3. The average molecular weight is 239 g/mol. The molecule has 0 aromatic heterocycles. The van der Waals surface area contributed by atoms with E-state index in [1.54, 1.807) is 0 Å². The molecule has 98 valence electrons. The maximum atomic E-state index is 11.7. The molecular weight excluding hydrogens is 214 g/mol. The minimum Gasteiger partial charge on any atom is -0.354 e. The SMILES string of the molecule is CCCC(N)C(=O)NCC1CCN(C2CC2)C1. The van der Waals surface area contributed by atoms with E-state index in [4.69, 9.17) is 5.73 Å². The Morgan fingerprint density at radius 2 is 2.24 bits per heavy atom. The van der Waals surface area contributed by atoms with Crippen molar-refractivity contribution in [2.45, 2.75) is 51.1 Å². The smallest absolute Gasteiger partial charge is 0.236 e. The fraction of sp³-hybridized carbons (Fsp3) is 0.923. The van der Waals surface area contributed by atoms with Gasteiger partial charge in [0.25, 0.3) is 0 Å². The zero-order valence-electron chi connectivity index (χ0n) is 10.8. The molecular formula is C13H25N3O. The van der Waals surface area contributed by atoms with Crippen LogP contribution in [0.5, 0.6) is 0 Å². The van der Waals surface area contributed by atoms with Crippen LogP contribution in [0.3, 0.4) is 0 Å². The monoisotopic (exact) mass is 239 g/mol. The second-order valence-electron chi connectivity index (χ2n) is 5.52. The van der Waals surface area contributed by atoms with Gasteiger partial charge in [-0.1, -0.05) is 13.3 Å². The molecule has 1 aliphatic carbocycles. The van der Waals surface area contributed by atoms with Crippen LogP contribution in [0, 0.1) is 5.92 Å². The standard InChI is InChI=1S/C13H25N3O/c1-2-3-12(14)13(17)15-8-10-6-7-16(9-10)11-4-5-11/h10-12H,2-9,14H2,1H3,(H,15,17). The van der Waals surface area contributed by atoms with Gasteiger partial charge in [0.1, 0.15) is 0 Å². The van der Waals surface area contributed by atoms with Crippen molar-refractivity contribution in [2.24, 2.45) is 11.7 Å². The molecule has 17 heavy (non-hydrogen) atoms. The highest BCUT2D eigenvalue weighted by atomic mass is 16.2. The molecule has 1 aliphatic heterocycles. The summed E-state index contributed by atoms with van der Waals surface area (Å²) in [7, 11) is 0. The van der Waals surface area contributed by atoms with E-state index in [9.17, 15) is 4.79 Å². The highest BCUT2D eigenvalue weighted by Gasteiger charge is 2.34. The van der Waals surface area contributed by atoms with Crippen molar-refractivity contribution in [2.75, 3.05) is 19.6 Å². The Morgan fingerprint density at radius 3 is 2.88 bits per heavy atom. The molecule has 2 unspecified atom stereocenters. The third-order valence-electron chi connectivity index (χ3n) is 3.88. The number of carbonyl (C=O) groups excluding carboxylic acids is 1. The minimum atomic E-state index is -0.319. The first-order chi connectivity index (χ1) is 8.20. The van der Waals surface area contributed by atoms with Crippen molar-refractivity contribution in [3.63, 3.8) is 0 Å². The van der Waals surface area contributed by atoms with Crippen molar-refractivity contribution in [1.82, 2.24) is 10.2 Å². The number of hydrogen-bond donors (Lipinski definition) is 2. The predicted octanol–water partition coefficient (Wildman–Crippen LogP) is 0.714. The first-order valence-corrected chi connectivity index (χ1v) is 6.98. The Bertz CT molecular complexity index is 265. The van der Waals surface area contributed by atoms with Gasteiger partial charge in [0.05, 0.1) is 6.04 Å². The molecule has 0 aromatic rings. The fourth-order valence-electron chi connectivity index (χ4n) is 2.62. The molecule has 0 radical (unpaired) electrons. The topological polar surface area (TPSA) is 58.4 Å². The molecule has 0 aromatic carbocycles. The molecule has 1 saturated carbocycles. The molecule has 4 nitrogen and oxygen atoms in total. The van der Waals surface area contributed by atoms with Gasteiger partial charge in [-0.05, 0) is 38.1 Å². The lowest BCUT2D eigenvalue weighted by atomic mass is 10.1. The average Bonchev–Trinajstić information content (AvgIpc) is 3.06. The number of likely N-dealkylation sites (tertiary alicyclic amines) is 1. The number of carbonyl (C=O) groups is 1.